The van der Waals surface area contributed by atoms with E-state index in [2.05, 4.69) is 17.4 Å². The average molecular weight is 391 g/mol. The molecule has 0 radical (unpaired) electrons. The third-order valence-electron chi connectivity index (χ3n) is 4.79. The lowest BCUT2D eigenvalue weighted by Crippen LogP contribution is -2.26. The number of hydrogen-bond donors (Lipinski definition) is 1. The van der Waals surface area contributed by atoms with Crippen molar-refractivity contribution in [2.45, 2.75) is 11.3 Å². The molecule has 1 N–H and O–H groups in total. The second-order valence-corrected chi connectivity index (χ2v) is 7.38. The number of amides is 1. The summed E-state index contributed by atoms with van der Waals surface area (Å²) in [6.07, 6.45) is 2.74. The molecule has 28 heavy (non-hydrogen) atoms. The first-order chi connectivity index (χ1) is 13.7. The summed E-state index contributed by atoms with van der Waals surface area (Å²) in [6, 6.07) is 19.8. The highest BCUT2D eigenvalue weighted by Crippen LogP contribution is 2.29. The molecule has 1 heterocycles. The van der Waals surface area contributed by atoms with Gasteiger partial charge in [0.25, 0.3) is 5.91 Å². The number of para-hydroxylation sites is 1. The third kappa shape index (κ3) is 3.58. The number of thioether (sulfide) groups is 1. The Morgan fingerprint density at radius 3 is 2.68 bits per heavy atom. The highest BCUT2D eigenvalue weighted by Gasteiger charge is 2.13. The van der Waals surface area contributed by atoms with Crippen molar-refractivity contribution in [2.24, 2.45) is 0 Å². The number of hydrogen-bond acceptors (Lipinski definition) is 4. The zero-order valence-electron chi connectivity index (χ0n) is 15.8. The molecule has 3 aromatic carbocycles. The van der Waals surface area contributed by atoms with E-state index in [1.165, 1.54) is 0 Å². The Kier molecular flexibility index (Phi) is 5.26. The van der Waals surface area contributed by atoms with Crippen LogP contribution < -0.4 is 10.1 Å². The van der Waals surface area contributed by atoms with Gasteiger partial charge in [0.05, 0.1) is 12.7 Å². The van der Waals surface area contributed by atoms with E-state index in [9.17, 15) is 4.79 Å². The van der Waals surface area contributed by atoms with Gasteiger partial charge in [-0.1, -0.05) is 24.3 Å². The number of carbonyl (C=O) groups is 1. The highest BCUT2D eigenvalue weighted by molar-refractivity contribution is 7.98. The van der Waals surface area contributed by atoms with Gasteiger partial charge in [-0.15, -0.1) is 11.8 Å². The third-order valence-corrected chi connectivity index (χ3v) is 5.52. The quantitative estimate of drug-likeness (QED) is 0.454. The van der Waals surface area contributed by atoms with Crippen LogP contribution in [0, 0.1) is 0 Å². The largest absolute Gasteiger partial charge is 0.496 e. The number of fused-ring (bicyclic) bond motifs is 3. The molecule has 0 aliphatic rings. The number of rotatable bonds is 6. The number of carbonyl (C=O) groups excluding carboxylic acids is 1. The maximum atomic E-state index is 12.5. The van der Waals surface area contributed by atoms with Crippen LogP contribution in [0.25, 0.3) is 21.9 Å². The van der Waals surface area contributed by atoms with Gasteiger partial charge in [0.15, 0.2) is 0 Å². The van der Waals surface area contributed by atoms with E-state index in [4.69, 9.17) is 9.15 Å². The molecule has 142 valence electrons. The molecule has 5 heteroatoms. The molecule has 0 aliphatic heterocycles. The fourth-order valence-corrected chi connectivity index (χ4v) is 3.76. The van der Waals surface area contributed by atoms with Gasteiger partial charge in [-0.05, 0) is 54.6 Å². The molecule has 0 bridgehead atoms. The van der Waals surface area contributed by atoms with Crippen LogP contribution in [0.4, 0.5) is 0 Å². The van der Waals surface area contributed by atoms with Crippen LogP contribution in [0.1, 0.15) is 15.9 Å². The molecule has 4 rings (SSSR count). The first-order valence-corrected chi connectivity index (χ1v) is 10.3. The van der Waals surface area contributed by atoms with Crippen molar-refractivity contribution in [1.82, 2.24) is 5.32 Å². The Hall–Kier alpha value is -2.92. The number of methoxy groups -OCH3 is 1. The van der Waals surface area contributed by atoms with E-state index < -0.39 is 0 Å². The smallest absolute Gasteiger partial charge is 0.255 e. The van der Waals surface area contributed by atoms with Gasteiger partial charge in [-0.2, -0.15) is 0 Å². The van der Waals surface area contributed by atoms with Crippen molar-refractivity contribution in [3.8, 4) is 5.75 Å². The minimum absolute atomic E-state index is 0.126. The van der Waals surface area contributed by atoms with Gasteiger partial charge >= 0.3 is 0 Å². The highest BCUT2D eigenvalue weighted by atomic mass is 32.2. The van der Waals surface area contributed by atoms with Gasteiger partial charge in [0, 0.05) is 22.2 Å². The van der Waals surface area contributed by atoms with Crippen molar-refractivity contribution < 1.29 is 13.9 Å². The zero-order valence-corrected chi connectivity index (χ0v) is 16.6. The SMILES string of the molecule is COc1cc(SC)ccc1C(=O)NCCc1ccc2oc3ccccc3c2c1. The Labute approximate surface area is 167 Å². The van der Waals surface area contributed by atoms with Gasteiger partial charge < -0.3 is 14.5 Å². The first-order valence-electron chi connectivity index (χ1n) is 9.10. The van der Waals surface area contributed by atoms with E-state index in [1.54, 1.807) is 18.9 Å². The van der Waals surface area contributed by atoms with Crippen molar-refractivity contribution in [2.75, 3.05) is 19.9 Å². The van der Waals surface area contributed by atoms with Crippen LogP contribution in [0.5, 0.6) is 5.75 Å². The number of furan rings is 1. The summed E-state index contributed by atoms with van der Waals surface area (Å²) in [6.45, 7) is 0.549. The van der Waals surface area contributed by atoms with Crippen LogP contribution >= 0.6 is 11.8 Å². The van der Waals surface area contributed by atoms with E-state index in [0.29, 0.717) is 17.9 Å². The molecule has 0 saturated carbocycles. The summed E-state index contributed by atoms with van der Waals surface area (Å²) < 4.78 is 11.2. The zero-order chi connectivity index (χ0) is 19.5. The molecule has 4 aromatic rings. The van der Waals surface area contributed by atoms with E-state index in [-0.39, 0.29) is 5.91 Å². The average Bonchev–Trinajstić information content (AvgIpc) is 3.11. The minimum atomic E-state index is -0.126. The molecular weight excluding hydrogens is 370 g/mol. The maximum absolute atomic E-state index is 12.5. The number of ether oxygens (including phenoxy) is 1. The lowest BCUT2D eigenvalue weighted by Gasteiger charge is -2.10. The molecule has 0 fully saturated rings. The predicted molar refractivity (Wildman–Crippen MR) is 115 cm³/mol. The summed E-state index contributed by atoms with van der Waals surface area (Å²) in [5, 5.41) is 5.21. The van der Waals surface area contributed by atoms with Gasteiger partial charge in [-0.3, -0.25) is 4.79 Å². The number of nitrogens with one attached hydrogen (secondary N) is 1. The van der Waals surface area contributed by atoms with Gasteiger partial charge in [-0.25, -0.2) is 0 Å². The van der Waals surface area contributed by atoms with Crippen LogP contribution in [0.2, 0.25) is 0 Å². The van der Waals surface area contributed by atoms with Crippen molar-refractivity contribution in [3.05, 3.63) is 71.8 Å². The Morgan fingerprint density at radius 2 is 1.86 bits per heavy atom. The predicted octanol–water partition coefficient (Wildman–Crippen LogP) is 5.29. The Morgan fingerprint density at radius 1 is 1.04 bits per heavy atom. The van der Waals surface area contributed by atoms with Crippen LogP contribution in [-0.2, 0) is 6.42 Å². The maximum Gasteiger partial charge on any atom is 0.255 e. The summed E-state index contributed by atoms with van der Waals surface area (Å²) in [4.78, 5) is 13.6. The van der Waals surface area contributed by atoms with Crippen LogP contribution in [0.3, 0.4) is 0 Å². The standard InChI is InChI=1S/C23H21NO3S/c1-26-22-14-16(28-2)8-9-18(22)23(25)24-12-11-15-7-10-21-19(13-15)17-5-3-4-6-20(17)27-21/h3-10,13-14H,11-12H2,1-2H3,(H,24,25). The molecule has 0 saturated heterocycles. The van der Waals surface area contributed by atoms with Gasteiger partial charge in [0.1, 0.15) is 16.9 Å². The lowest BCUT2D eigenvalue weighted by molar-refractivity contribution is 0.0951. The molecule has 0 aliphatic carbocycles. The van der Waals surface area contributed by atoms with Crippen molar-refractivity contribution in [1.29, 1.82) is 0 Å². The molecule has 4 nitrogen and oxygen atoms in total. The summed E-state index contributed by atoms with van der Waals surface area (Å²) in [5.41, 5.74) is 3.48. The molecule has 0 atom stereocenters. The van der Waals surface area contributed by atoms with E-state index >= 15 is 0 Å². The minimum Gasteiger partial charge on any atom is -0.496 e. The number of benzene rings is 3. The molecule has 0 spiro atoms. The lowest BCUT2D eigenvalue weighted by atomic mass is 10.1. The summed E-state index contributed by atoms with van der Waals surface area (Å²) in [5.74, 6) is 0.468. The monoisotopic (exact) mass is 391 g/mol. The van der Waals surface area contributed by atoms with Crippen LogP contribution in [0.15, 0.2) is 70.0 Å². The fourth-order valence-electron chi connectivity index (χ4n) is 3.33. The fraction of sp³-hybridized carbons (Fsp3) is 0.174. The van der Waals surface area contributed by atoms with Crippen molar-refractivity contribution >= 4 is 39.6 Å². The Bertz CT molecular complexity index is 1150. The molecule has 1 amide bonds. The summed E-state index contributed by atoms with van der Waals surface area (Å²) in [7, 11) is 1.58. The summed E-state index contributed by atoms with van der Waals surface area (Å²) >= 11 is 1.62. The normalized spacial score (nSPS) is 11.1. The first kappa shape index (κ1) is 18.4. The molecule has 0 unspecified atom stereocenters. The Balaban J connectivity index is 1.46. The second kappa shape index (κ2) is 7.98. The molecular formula is C23H21NO3S. The van der Waals surface area contributed by atoms with Gasteiger partial charge in [0.2, 0.25) is 0 Å². The topological polar surface area (TPSA) is 51.5 Å². The van der Waals surface area contributed by atoms with Crippen molar-refractivity contribution in [3.63, 3.8) is 0 Å². The van der Waals surface area contributed by atoms with E-state index in [1.807, 2.05) is 54.8 Å². The molecule has 1 aromatic heterocycles. The van der Waals surface area contributed by atoms with Crippen LogP contribution in [-0.4, -0.2) is 25.8 Å². The second-order valence-electron chi connectivity index (χ2n) is 6.50. The van der Waals surface area contributed by atoms with E-state index in [0.717, 1.165) is 38.8 Å².